The maximum atomic E-state index is 3.61. The van der Waals surface area contributed by atoms with Gasteiger partial charge in [-0.25, -0.2) is 0 Å². The minimum absolute atomic E-state index is 0.692. The predicted octanol–water partition coefficient (Wildman–Crippen LogP) is 4.45. The van der Waals surface area contributed by atoms with Crippen LogP contribution in [0, 0.1) is 5.92 Å². The topological polar surface area (TPSA) is 15.3 Å². The summed E-state index contributed by atoms with van der Waals surface area (Å²) in [5, 5.41) is 3.61. The van der Waals surface area contributed by atoms with Crippen molar-refractivity contribution in [3.05, 3.63) is 0 Å². The Morgan fingerprint density at radius 1 is 1.05 bits per heavy atom. The van der Waals surface area contributed by atoms with E-state index in [1.165, 1.54) is 77.4 Å². The first-order valence-electron chi connectivity index (χ1n) is 9.23. The molecule has 2 atom stereocenters. The minimum atomic E-state index is 0.692. The summed E-state index contributed by atoms with van der Waals surface area (Å²) >= 11 is 0. The van der Waals surface area contributed by atoms with Gasteiger partial charge >= 0.3 is 0 Å². The number of unbranched alkanes of at least 4 members (excludes halogenated alkanes) is 6. The van der Waals surface area contributed by atoms with Crippen LogP contribution in [0.1, 0.15) is 78.6 Å². The zero-order chi connectivity index (χ0) is 14.6. The van der Waals surface area contributed by atoms with E-state index in [9.17, 15) is 0 Å². The van der Waals surface area contributed by atoms with Crippen molar-refractivity contribution in [3.63, 3.8) is 0 Å². The summed E-state index contributed by atoms with van der Waals surface area (Å²) in [6.07, 6.45) is 12.8. The second-order valence-corrected chi connectivity index (χ2v) is 6.67. The van der Waals surface area contributed by atoms with Gasteiger partial charge in [0, 0.05) is 12.6 Å². The van der Waals surface area contributed by atoms with Crippen molar-refractivity contribution in [1.82, 2.24) is 10.2 Å². The van der Waals surface area contributed by atoms with Gasteiger partial charge < -0.3 is 10.2 Å². The summed E-state index contributed by atoms with van der Waals surface area (Å²) in [7, 11) is 0. The Morgan fingerprint density at radius 3 is 2.45 bits per heavy atom. The number of rotatable bonds is 11. The molecular formula is C18H38N2. The molecule has 1 fully saturated rings. The van der Waals surface area contributed by atoms with Crippen LogP contribution in [0.25, 0.3) is 0 Å². The second kappa shape index (κ2) is 11.6. The standard InChI is InChI=1S/C18H38N2/c1-4-6-7-8-9-10-11-14-20-15-12-13-18(16-20)17(3)19-5-2/h17-19H,4-16H2,1-3H3. The fourth-order valence-electron chi connectivity index (χ4n) is 3.48. The van der Waals surface area contributed by atoms with Gasteiger partial charge in [0.2, 0.25) is 0 Å². The quantitative estimate of drug-likeness (QED) is 0.563. The minimum Gasteiger partial charge on any atom is -0.314 e. The smallest absolute Gasteiger partial charge is 0.00791 e. The zero-order valence-corrected chi connectivity index (χ0v) is 14.3. The van der Waals surface area contributed by atoms with E-state index >= 15 is 0 Å². The van der Waals surface area contributed by atoms with Gasteiger partial charge in [-0.2, -0.15) is 0 Å². The van der Waals surface area contributed by atoms with Crippen molar-refractivity contribution in [1.29, 1.82) is 0 Å². The van der Waals surface area contributed by atoms with E-state index in [0.717, 1.165) is 12.5 Å². The van der Waals surface area contributed by atoms with Crippen LogP contribution in [-0.2, 0) is 0 Å². The van der Waals surface area contributed by atoms with E-state index in [-0.39, 0.29) is 0 Å². The average Bonchev–Trinajstić information content (AvgIpc) is 2.47. The molecule has 2 unspecified atom stereocenters. The summed E-state index contributed by atoms with van der Waals surface area (Å²) < 4.78 is 0. The van der Waals surface area contributed by atoms with Crippen LogP contribution < -0.4 is 5.32 Å². The van der Waals surface area contributed by atoms with Crippen LogP contribution >= 0.6 is 0 Å². The van der Waals surface area contributed by atoms with Crippen molar-refractivity contribution in [2.45, 2.75) is 84.6 Å². The van der Waals surface area contributed by atoms with Gasteiger partial charge in [0.05, 0.1) is 0 Å². The molecular weight excluding hydrogens is 244 g/mol. The predicted molar refractivity (Wildman–Crippen MR) is 90.3 cm³/mol. The molecule has 1 rings (SSSR count). The molecule has 1 heterocycles. The van der Waals surface area contributed by atoms with Gasteiger partial charge in [-0.1, -0.05) is 52.4 Å². The molecule has 0 aliphatic carbocycles. The van der Waals surface area contributed by atoms with Crippen molar-refractivity contribution in [2.75, 3.05) is 26.2 Å². The lowest BCUT2D eigenvalue weighted by molar-refractivity contribution is 0.149. The lowest BCUT2D eigenvalue weighted by Gasteiger charge is -2.36. The molecule has 120 valence electrons. The molecule has 20 heavy (non-hydrogen) atoms. The van der Waals surface area contributed by atoms with E-state index in [1.54, 1.807) is 0 Å². The van der Waals surface area contributed by atoms with Crippen LogP contribution in [-0.4, -0.2) is 37.1 Å². The summed E-state index contributed by atoms with van der Waals surface area (Å²) in [5.74, 6) is 0.869. The van der Waals surface area contributed by atoms with E-state index in [4.69, 9.17) is 0 Å². The van der Waals surface area contributed by atoms with Crippen LogP contribution in [0.15, 0.2) is 0 Å². The van der Waals surface area contributed by atoms with Gasteiger partial charge in [0.1, 0.15) is 0 Å². The number of likely N-dealkylation sites (tertiary alicyclic amines) is 1. The molecule has 1 N–H and O–H groups in total. The second-order valence-electron chi connectivity index (χ2n) is 6.67. The number of hydrogen-bond acceptors (Lipinski definition) is 2. The number of hydrogen-bond donors (Lipinski definition) is 1. The Morgan fingerprint density at radius 2 is 1.75 bits per heavy atom. The normalized spacial score (nSPS) is 22.1. The highest BCUT2D eigenvalue weighted by atomic mass is 15.1. The monoisotopic (exact) mass is 282 g/mol. The number of nitrogens with one attached hydrogen (secondary N) is 1. The molecule has 1 saturated heterocycles. The number of nitrogens with zero attached hydrogens (tertiary/aromatic N) is 1. The Kier molecular flexibility index (Phi) is 10.4. The van der Waals surface area contributed by atoms with Gasteiger partial charge in [0.25, 0.3) is 0 Å². The van der Waals surface area contributed by atoms with Crippen molar-refractivity contribution >= 4 is 0 Å². The van der Waals surface area contributed by atoms with Crippen LogP contribution in [0.2, 0.25) is 0 Å². The molecule has 0 bridgehead atoms. The maximum absolute atomic E-state index is 3.61. The van der Waals surface area contributed by atoms with E-state index < -0.39 is 0 Å². The molecule has 0 aromatic carbocycles. The van der Waals surface area contributed by atoms with Gasteiger partial charge in [-0.05, 0) is 51.7 Å². The highest BCUT2D eigenvalue weighted by Crippen LogP contribution is 2.20. The first kappa shape index (κ1) is 18.0. The molecule has 2 heteroatoms. The molecule has 2 nitrogen and oxygen atoms in total. The summed E-state index contributed by atoms with van der Waals surface area (Å²) in [4.78, 5) is 2.72. The van der Waals surface area contributed by atoms with Crippen molar-refractivity contribution < 1.29 is 0 Å². The molecule has 0 amide bonds. The lowest BCUT2D eigenvalue weighted by Crippen LogP contribution is -2.44. The molecule has 0 aromatic rings. The first-order valence-corrected chi connectivity index (χ1v) is 9.23. The Bertz CT molecular complexity index is 217. The SMILES string of the molecule is CCCCCCCCCN1CCCC(C(C)NCC)C1. The molecule has 1 aliphatic rings. The molecule has 0 radical (unpaired) electrons. The highest BCUT2D eigenvalue weighted by molar-refractivity contribution is 4.80. The molecule has 1 aliphatic heterocycles. The Balaban J connectivity index is 2.05. The van der Waals surface area contributed by atoms with E-state index in [2.05, 4.69) is 31.0 Å². The van der Waals surface area contributed by atoms with Gasteiger partial charge in [-0.15, -0.1) is 0 Å². The van der Waals surface area contributed by atoms with E-state index in [0.29, 0.717) is 6.04 Å². The van der Waals surface area contributed by atoms with Crippen molar-refractivity contribution in [2.24, 2.45) is 5.92 Å². The third-order valence-corrected chi connectivity index (χ3v) is 4.85. The van der Waals surface area contributed by atoms with E-state index in [1.807, 2.05) is 0 Å². The zero-order valence-electron chi connectivity index (χ0n) is 14.3. The lowest BCUT2D eigenvalue weighted by atomic mass is 9.91. The fourth-order valence-corrected chi connectivity index (χ4v) is 3.48. The molecule has 0 saturated carbocycles. The summed E-state index contributed by atoms with van der Waals surface area (Å²) in [6, 6.07) is 0.692. The van der Waals surface area contributed by atoms with Gasteiger partial charge in [0.15, 0.2) is 0 Å². The first-order chi connectivity index (χ1) is 9.77. The maximum Gasteiger partial charge on any atom is 0.00791 e. The third-order valence-electron chi connectivity index (χ3n) is 4.85. The average molecular weight is 283 g/mol. The fraction of sp³-hybridized carbons (Fsp3) is 1.00. The Hall–Kier alpha value is -0.0800. The summed E-state index contributed by atoms with van der Waals surface area (Å²) in [6.45, 7) is 12.0. The van der Waals surface area contributed by atoms with Crippen LogP contribution in [0.4, 0.5) is 0 Å². The largest absolute Gasteiger partial charge is 0.314 e. The van der Waals surface area contributed by atoms with Crippen LogP contribution in [0.3, 0.4) is 0 Å². The molecule has 0 spiro atoms. The highest BCUT2D eigenvalue weighted by Gasteiger charge is 2.23. The van der Waals surface area contributed by atoms with Crippen LogP contribution in [0.5, 0.6) is 0 Å². The summed E-state index contributed by atoms with van der Waals surface area (Å²) in [5.41, 5.74) is 0. The number of piperidine rings is 1. The third kappa shape index (κ3) is 7.64. The van der Waals surface area contributed by atoms with Gasteiger partial charge in [-0.3, -0.25) is 0 Å². The van der Waals surface area contributed by atoms with Crippen molar-refractivity contribution in [3.8, 4) is 0 Å². The Labute approximate surface area is 127 Å². The molecule has 0 aromatic heterocycles.